The molecule has 0 saturated carbocycles. The van der Waals surface area contributed by atoms with Gasteiger partial charge in [0.25, 0.3) is 0 Å². The van der Waals surface area contributed by atoms with Gasteiger partial charge in [0.15, 0.2) is 17.5 Å². The molecule has 1 atom stereocenters. The van der Waals surface area contributed by atoms with Gasteiger partial charge in [-0.1, -0.05) is 23.2 Å². The lowest BCUT2D eigenvalue weighted by atomic mass is 9.88. The summed E-state index contributed by atoms with van der Waals surface area (Å²) in [6, 6.07) is 1.91. The molecule has 24 heavy (non-hydrogen) atoms. The summed E-state index contributed by atoms with van der Waals surface area (Å²) < 4.78 is 18.4. The van der Waals surface area contributed by atoms with Crippen LogP contribution in [0.4, 0.5) is 4.39 Å². The highest BCUT2D eigenvalue weighted by Gasteiger charge is 2.38. The number of carbonyl (C=O) groups is 3. The Morgan fingerprint density at radius 2 is 1.96 bits per heavy atom. The zero-order valence-electron chi connectivity index (χ0n) is 12.7. The maximum atomic E-state index is 13.6. The summed E-state index contributed by atoms with van der Waals surface area (Å²) in [5, 5.41) is -0.363. The van der Waals surface area contributed by atoms with Gasteiger partial charge in [-0.3, -0.25) is 19.4 Å². The van der Waals surface area contributed by atoms with Crippen LogP contribution >= 0.6 is 23.2 Å². The minimum absolute atomic E-state index is 0.0805. The second kappa shape index (κ2) is 7.23. The van der Waals surface area contributed by atoms with Crippen molar-refractivity contribution in [3.05, 3.63) is 45.3 Å². The highest BCUT2D eigenvalue weighted by Crippen LogP contribution is 2.28. The van der Waals surface area contributed by atoms with Crippen molar-refractivity contribution in [3.8, 4) is 0 Å². The van der Waals surface area contributed by atoms with Gasteiger partial charge in [0.05, 0.1) is 22.2 Å². The summed E-state index contributed by atoms with van der Waals surface area (Å²) in [4.78, 5) is 40.9. The molecule has 1 aromatic rings. The number of nitrogens with zero attached hydrogens (tertiary/aromatic N) is 1. The molecule has 0 N–H and O–H groups in total. The van der Waals surface area contributed by atoms with Gasteiger partial charge in [0.1, 0.15) is 5.82 Å². The standard InChI is InChI=1S/C16H12Cl2FNO4/c1-3-24-16(23)13-7(2)20-6-9(15(13)22)14(21)8-4-12(19)11(18)5-10(8)17/h4-6,13H,3H2,1-2H3. The molecule has 0 aliphatic carbocycles. The number of ether oxygens (including phenoxy) is 1. The van der Waals surface area contributed by atoms with Crippen LogP contribution in [0.3, 0.4) is 0 Å². The third kappa shape index (κ3) is 3.39. The molecule has 1 unspecified atom stereocenters. The van der Waals surface area contributed by atoms with Gasteiger partial charge in [0, 0.05) is 17.5 Å². The average molecular weight is 372 g/mol. The van der Waals surface area contributed by atoms with E-state index in [0.29, 0.717) is 0 Å². The van der Waals surface area contributed by atoms with E-state index in [-0.39, 0.29) is 33.5 Å². The monoisotopic (exact) mass is 371 g/mol. The third-order valence-electron chi connectivity index (χ3n) is 3.36. The largest absolute Gasteiger partial charge is 0.465 e. The zero-order chi connectivity index (χ0) is 18.0. The number of Topliss-reactive ketones (excluding diaryl/α,β-unsaturated/α-hetero) is 2. The first kappa shape index (κ1) is 18.3. The van der Waals surface area contributed by atoms with Gasteiger partial charge in [-0.15, -0.1) is 0 Å². The molecular formula is C16H12Cl2FNO4. The Morgan fingerprint density at radius 1 is 1.29 bits per heavy atom. The van der Waals surface area contributed by atoms with Crippen molar-refractivity contribution >= 4 is 46.4 Å². The van der Waals surface area contributed by atoms with E-state index in [2.05, 4.69) is 4.99 Å². The Morgan fingerprint density at radius 3 is 2.58 bits per heavy atom. The predicted octanol–water partition coefficient (Wildman–Crippen LogP) is 3.42. The van der Waals surface area contributed by atoms with Crippen LogP contribution in [-0.2, 0) is 14.3 Å². The second-order valence-electron chi connectivity index (χ2n) is 4.94. The first-order valence-electron chi connectivity index (χ1n) is 6.92. The van der Waals surface area contributed by atoms with Gasteiger partial charge < -0.3 is 4.74 Å². The van der Waals surface area contributed by atoms with Gasteiger partial charge in [0.2, 0.25) is 0 Å². The Bertz CT molecular complexity index is 802. The van der Waals surface area contributed by atoms with Crippen LogP contribution in [-0.4, -0.2) is 29.9 Å². The molecule has 0 amide bonds. The second-order valence-corrected chi connectivity index (χ2v) is 5.75. The van der Waals surface area contributed by atoms with E-state index in [0.717, 1.165) is 18.3 Å². The Labute approximate surface area is 147 Å². The molecule has 2 rings (SSSR count). The van der Waals surface area contributed by atoms with E-state index in [1.54, 1.807) is 6.92 Å². The summed E-state index contributed by atoms with van der Waals surface area (Å²) >= 11 is 11.5. The Balaban J connectivity index is 2.42. The van der Waals surface area contributed by atoms with Crippen molar-refractivity contribution in [2.75, 3.05) is 6.61 Å². The molecule has 0 fully saturated rings. The van der Waals surface area contributed by atoms with Crippen LogP contribution in [0, 0.1) is 11.7 Å². The number of hydrogen-bond acceptors (Lipinski definition) is 5. The van der Waals surface area contributed by atoms with Crippen LogP contribution in [0.15, 0.2) is 28.9 Å². The van der Waals surface area contributed by atoms with Gasteiger partial charge in [-0.2, -0.15) is 0 Å². The van der Waals surface area contributed by atoms with Crippen molar-refractivity contribution in [1.29, 1.82) is 0 Å². The molecule has 0 spiro atoms. The minimum atomic E-state index is -1.30. The Kier molecular flexibility index (Phi) is 5.51. The summed E-state index contributed by atoms with van der Waals surface area (Å²) in [7, 11) is 0. The fourth-order valence-corrected chi connectivity index (χ4v) is 2.63. The number of hydrogen-bond donors (Lipinski definition) is 0. The highest BCUT2D eigenvalue weighted by molar-refractivity contribution is 6.41. The van der Waals surface area contributed by atoms with E-state index >= 15 is 0 Å². The molecule has 126 valence electrons. The first-order valence-corrected chi connectivity index (χ1v) is 7.68. The highest BCUT2D eigenvalue weighted by atomic mass is 35.5. The van der Waals surface area contributed by atoms with Crippen molar-refractivity contribution in [2.24, 2.45) is 10.9 Å². The third-order valence-corrected chi connectivity index (χ3v) is 3.97. The molecule has 1 aromatic carbocycles. The number of carbonyl (C=O) groups excluding carboxylic acids is 3. The molecule has 0 radical (unpaired) electrons. The van der Waals surface area contributed by atoms with E-state index in [1.807, 2.05) is 0 Å². The van der Waals surface area contributed by atoms with Crippen molar-refractivity contribution in [3.63, 3.8) is 0 Å². The maximum absolute atomic E-state index is 13.6. The number of halogens is 3. The molecule has 0 saturated heterocycles. The molecule has 1 heterocycles. The first-order chi connectivity index (χ1) is 11.3. The molecular weight excluding hydrogens is 360 g/mol. The zero-order valence-corrected chi connectivity index (χ0v) is 14.2. The summed E-state index contributed by atoms with van der Waals surface area (Å²) in [5.74, 6) is -4.56. The molecule has 1 aliphatic heterocycles. The lowest BCUT2D eigenvalue weighted by molar-refractivity contribution is -0.147. The molecule has 0 aromatic heterocycles. The molecule has 0 bridgehead atoms. The number of benzene rings is 1. The van der Waals surface area contributed by atoms with Crippen LogP contribution < -0.4 is 0 Å². The summed E-state index contributed by atoms with van der Waals surface area (Å²) in [5.41, 5.74) is -0.402. The maximum Gasteiger partial charge on any atom is 0.322 e. The molecule has 8 heteroatoms. The van der Waals surface area contributed by atoms with E-state index in [9.17, 15) is 18.8 Å². The number of allylic oxidation sites excluding steroid dienone is 1. The SMILES string of the molecule is CCOC(=O)C1C(=O)C(C(=O)c2cc(F)c(Cl)cc2Cl)=CN=C1C. The lowest BCUT2D eigenvalue weighted by Crippen LogP contribution is -2.36. The number of ketones is 2. The quantitative estimate of drug-likeness (QED) is 0.267. The normalized spacial score (nSPS) is 17.2. The summed E-state index contributed by atoms with van der Waals surface area (Å²) in [6.45, 7) is 3.15. The smallest absolute Gasteiger partial charge is 0.322 e. The van der Waals surface area contributed by atoms with E-state index in [4.69, 9.17) is 27.9 Å². The van der Waals surface area contributed by atoms with Gasteiger partial charge in [-0.25, -0.2) is 4.39 Å². The van der Waals surface area contributed by atoms with Gasteiger partial charge in [-0.05, 0) is 26.0 Å². The summed E-state index contributed by atoms with van der Waals surface area (Å²) in [6.07, 6.45) is 1.04. The average Bonchev–Trinajstić information content (AvgIpc) is 2.50. The lowest BCUT2D eigenvalue weighted by Gasteiger charge is -2.19. The predicted molar refractivity (Wildman–Crippen MR) is 87.1 cm³/mol. The van der Waals surface area contributed by atoms with Crippen LogP contribution in [0.1, 0.15) is 24.2 Å². The van der Waals surface area contributed by atoms with E-state index < -0.39 is 29.3 Å². The number of aliphatic imine (C=N–C) groups is 1. The van der Waals surface area contributed by atoms with Gasteiger partial charge >= 0.3 is 5.97 Å². The van der Waals surface area contributed by atoms with Crippen LogP contribution in [0.2, 0.25) is 10.0 Å². The fourth-order valence-electron chi connectivity index (χ4n) is 2.17. The fraction of sp³-hybridized carbons (Fsp3) is 0.250. The van der Waals surface area contributed by atoms with Crippen LogP contribution in [0.5, 0.6) is 0 Å². The number of rotatable bonds is 4. The topological polar surface area (TPSA) is 72.8 Å². The van der Waals surface area contributed by atoms with Crippen molar-refractivity contribution in [2.45, 2.75) is 13.8 Å². The van der Waals surface area contributed by atoms with Crippen molar-refractivity contribution in [1.82, 2.24) is 0 Å². The Hall–Kier alpha value is -2.05. The van der Waals surface area contributed by atoms with E-state index in [1.165, 1.54) is 6.92 Å². The minimum Gasteiger partial charge on any atom is -0.465 e. The van der Waals surface area contributed by atoms with Crippen molar-refractivity contribution < 1.29 is 23.5 Å². The van der Waals surface area contributed by atoms with Crippen LogP contribution in [0.25, 0.3) is 0 Å². The number of esters is 1. The molecule has 5 nitrogen and oxygen atoms in total. The molecule has 1 aliphatic rings.